The van der Waals surface area contributed by atoms with Gasteiger partial charge in [-0.15, -0.1) is 0 Å². The van der Waals surface area contributed by atoms with Crippen LogP contribution in [0.2, 0.25) is 0 Å². The summed E-state index contributed by atoms with van der Waals surface area (Å²) in [7, 11) is 3.62. The van der Waals surface area contributed by atoms with Crippen molar-refractivity contribution in [1.29, 1.82) is 0 Å². The number of methoxy groups -OCH3 is 1. The molecular formula is C16H20BrN3O2S. The van der Waals surface area contributed by atoms with E-state index in [2.05, 4.69) is 26.2 Å². The van der Waals surface area contributed by atoms with Crippen LogP contribution in [0.25, 0.3) is 11.3 Å². The van der Waals surface area contributed by atoms with Crippen molar-refractivity contribution in [2.75, 3.05) is 26.0 Å². The average molecular weight is 398 g/mol. The van der Waals surface area contributed by atoms with E-state index in [0.717, 1.165) is 27.3 Å². The second-order valence-electron chi connectivity index (χ2n) is 4.98. The van der Waals surface area contributed by atoms with E-state index in [0.29, 0.717) is 18.9 Å². The summed E-state index contributed by atoms with van der Waals surface area (Å²) in [5.74, 6) is 0.372. The van der Waals surface area contributed by atoms with Crippen molar-refractivity contribution in [3.8, 4) is 11.3 Å². The molecule has 0 radical (unpaired) electrons. The smallest absolute Gasteiger partial charge is 0.230 e. The standard InChI is InChI=1S/C16H20BrN3O2S/c1-20-14(12-4-6-13(17)7-5-12)10-19-16(20)23-11-15(21)18-8-3-9-22-2/h4-7,10H,3,8-9,11H2,1-2H3,(H,18,21). The Morgan fingerprint density at radius 1 is 1.39 bits per heavy atom. The number of carbonyl (C=O) groups excluding carboxylic acids is 1. The number of nitrogens with one attached hydrogen (secondary N) is 1. The molecule has 124 valence electrons. The summed E-state index contributed by atoms with van der Waals surface area (Å²) in [6.45, 7) is 1.29. The number of amides is 1. The van der Waals surface area contributed by atoms with E-state index < -0.39 is 0 Å². The maximum absolute atomic E-state index is 11.8. The number of aromatic nitrogens is 2. The molecule has 0 saturated heterocycles. The fourth-order valence-corrected chi connectivity index (χ4v) is 3.09. The van der Waals surface area contributed by atoms with E-state index in [4.69, 9.17) is 4.74 Å². The Morgan fingerprint density at radius 3 is 2.83 bits per heavy atom. The van der Waals surface area contributed by atoms with Crippen molar-refractivity contribution in [3.63, 3.8) is 0 Å². The van der Waals surface area contributed by atoms with E-state index in [9.17, 15) is 4.79 Å². The molecule has 1 heterocycles. The topological polar surface area (TPSA) is 56.1 Å². The van der Waals surface area contributed by atoms with Crippen LogP contribution in [0.1, 0.15) is 6.42 Å². The SMILES string of the molecule is COCCCNC(=O)CSc1ncc(-c2ccc(Br)cc2)n1C. The summed E-state index contributed by atoms with van der Waals surface area (Å²) in [6.07, 6.45) is 2.66. The first kappa shape index (κ1) is 18.0. The number of ether oxygens (including phenoxy) is 1. The number of hydrogen-bond acceptors (Lipinski definition) is 4. The molecular weight excluding hydrogens is 378 g/mol. The third kappa shape index (κ3) is 5.37. The Morgan fingerprint density at radius 2 is 2.13 bits per heavy atom. The predicted octanol–water partition coefficient (Wildman–Crippen LogP) is 3.09. The number of halogens is 1. The van der Waals surface area contributed by atoms with Gasteiger partial charge in [-0.1, -0.05) is 39.8 Å². The van der Waals surface area contributed by atoms with Crippen LogP contribution in [0.4, 0.5) is 0 Å². The number of benzene rings is 1. The van der Waals surface area contributed by atoms with Gasteiger partial charge in [0.25, 0.3) is 0 Å². The molecule has 0 unspecified atom stereocenters. The molecule has 7 heteroatoms. The van der Waals surface area contributed by atoms with Gasteiger partial charge in [-0.3, -0.25) is 4.79 Å². The Labute approximate surface area is 148 Å². The zero-order valence-electron chi connectivity index (χ0n) is 13.2. The van der Waals surface area contributed by atoms with Gasteiger partial charge in [-0.2, -0.15) is 0 Å². The van der Waals surface area contributed by atoms with Crippen molar-refractivity contribution in [1.82, 2.24) is 14.9 Å². The highest BCUT2D eigenvalue weighted by Crippen LogP contribution is 2.25. The second-order valence-corrected chi connectivity index (χ2v) is 6.84. The summed E-state index contributed by atoms with van der Waals surface area (Å²) in [5.41, 5.74) is 2.12. The Bertz CT molecular complexity index is 643. The molecule has 1 N–H and O–H groups in total. The van der Waals surface area contributed by atoms with E-state index in [1.54, 1.807) is 7.11 Å². The van der Waals surface area contributed by atoms with Crippen LogP contribution in [0, 0.1) is 0 Å². The number of imidazole rings is 1. The van der Waals surface area contributed by atoms with Crippen molar-refractivity contribution >= 4 is 33.6 Å². The van der Waals surface area contributed by atoms with Crippen molar-refractivity contribution in [2.24, 2.45) is 7.05 Å². The molecule has 2 aromatic rings. The highest BCUT2D eigenvalue weighted by atomic mass is 79.9. The number of thioether (sulfide) groups is 1. The van der Waals surface area contributed by atoms with Gasteiger partial charge in [-0.25, -0.2) is 4.98 Å². The molecule has 0 saturated carbocycles. The highest BCUT2D eigenvalue weighted by Gasteiger charge is 2.11. The fourth-order valence-electron chi connectivity index (χ4n) is 2.04. The van der Waals surface area contributed by atoms with E-state index in [1.807, 2.05) is 42.1 Å². The first-order chi connectivity index (χ1) is 11.1. The quantitative estimate of drug-likeness (QED) is 0.549. The fraction of sp³-hybridized carbons (Fsp3) is 0.375. The summed E-state index contributed by atoms with van der Waals surface area (Å²) in [4.78, 5) is 16.2. The van der Waals surface area contributed by atoms with Crippen LogP contribution < -0.4 is 5.32 Å². The van der Waals surface area contributed by atoms with Gasteiger partial charge in [-0.05, 0) is 24.1 Å². The van der Waals surface area contributed by atoms with Gasteiger partial charge in [0.05, 0.1) is 17.6 Å². The second kappa shape index (κ2) is 9.10. The van der Waals surface area contributed by atoms with Gasteiger partial charge in [0.2, 0.25) is 5.91 Å². The molecule has 0 atom stereocenters. The van der Waals surface area contributed by atoms with Gasteiger partial charge >= 0.3 is 0 Å². The molecule has 0 aliphatic rings. The largest absolute Gasteiger partial charge is 0.385 e. The first-order valence-electron chi connectivity index (χ1n) is 7.28. The lowest BCUT2D eigenvalue weighted by Crippen LogP contribution is -2.26. The van der Waals surface area contributed by atoms with Crippen LogP contribution in [0.15, 0.2) is 40.1 Å². The van der Waals surface area contributed by atoms with Gasteiger partial charge in [0.1, 0.15) is 0 Å². The minimum Gasteiger partial charge on any atom is -0.385 e. The van der Waals surface area contributed by atoms with Crippen LogP contribution >= 0.6 is 27.7 Å². The maximum atomic E-state index is 11.8. The molecule has 2 rings (SSSR count). The van der Waals surface area contributed by atoms with Crippen molar-refractivity contribution in [2.45, 2.75) is 11.6 Å². The Balaban J connectivity index is 1.89. The average Bonchev–Trinajstić information content (AvgIpc) is 2.91. The van der Waals surface area contributed by atoms with Crippen molar-refractivity contribution < 1.29 is 9.53 Å². The minimum absolute atomic E-state index is 0.0132. The lowest BCUT2D eigenvalue weighted by molar-refractivity contribution is -0.118. The monoisotopic (exact) mass is 397 g/mol. The summed E-state index contributed by atoms with van der Waals surface area (Å²) < 4.78 is 8.00. The van der Waals surface area contributed by atoms with E-state index in [-0.39, 0.29) is 5.91 Å². The summed E-state index contributed by atoms with van der Waals surface area (Å²) in [6, 6.07) is 8.08. The zero-order chi connectivity index (χ0) is 16.7. The number of nitrogens with zero attached hydrogens (tertiary/aromatic N) is 2. The van der Waals surface area contributed by atoms with Crippen LogP contribution in [-0.2, 0) is 16.6 Å². The third-order valence-electron chi connectivity index (χ3n) is 3.27. The third-order valence-corrected chi connectivity index (χ3v) is 4.84. The molecule has 0 bridgehead atoms. The number of hydrogen-bond donors (Lipinski definition) is 1. The number of rotatable bonds is 8. The van der Waals surface area contributed by atoms with Crippen LogP contribution in [0.5, 0.6) is 0 Å². The molecule has 1 aromatic heterocycles. The highest BCUT2D eigenvalue weighted by molar-refractivity contribution is 9.10. The Kier molecular flexibility index (Phi) is 7.14. The number of carbonyl (C=O) groups is 1. The first-order valence-corrected chi connectivity index (χ1v) is 9.05. The van der Waals surface area contributed by atoms with Crippen molar-refractivity contribution in [3.05, 3.63) is 34.9 Å². The van der Waals surface area contributed by atoms with E-state index in [1.165, 1.54) is 11.8 Å². The lowest BCUT2D eigenvalue weighted by atomic mass is 10.2. The summed E-state index contributed by atoms with van der Waals surface area (Å²) in [5, 5.41) is 3.70. The molecule has 5 nitrogen and oxygen atoms in total. The summed E-state index contributed by atoms with van der Waals surface area (Å²) >= 11 is 4.87. The maximum Gasteiger partial charge on any atom is 0.230 e. The molecule has 23 heavy (non-hydrogen) atoms. The normalized spacial score (nSPS) is 10.7. The predicted molar refractivity (Wildman–Crippen MR) is 96.6 cm³/mol. The van der Waals surface area contributed by atoms with E-state index >= 15 is 0 Å². The van der Waals surface area contributed by atoms with Gasteiger partial charge in [0.15, 0.2) is 5.16 Å². The minimum atomic E-state index is 0.0132. The van der Waals surface area contributed by atoms with Gasteiger partial charge in [0, 0.05) is 31.8 Å². The Hall–Kier alpha value is -1.31. The van der Waals surface area contributed by atoms with Gasteiger partial charge < -0.3 is 14.6 Å². The molecule has 1 aromatic carbocycles. The molecule has 1 amide bonds. The molecule has 0 spiro atoms. The van der Waals surface area contributed by atoms with Crippen LogP contribution in [-0.4, -0.2) is 41.5 Å². The molecule has 0 aliphatic heterocycles. The molecule has 0 fully saturated rings. The van der Waals surface area contributed by atoms with Crippen LogP contribution in [0.3, 0.4) is 0 Å². The lowest BCUT2D eigenvalue weighted by Gasteiger charge is -2.07. The zero-order valence-corrected chi connectivity index (χ0v) is 15.6. The molecule has 0 aliphatic carbocycles.